The number of furan rings is 1. The van der Waals surface area contributed by atoms with Crippen molar-refractivity contribution in [2.45, 2.75) is 25.0 Å². The minimum atomic E-state index is -0.779. The van der Waals surface area contributed by atoms with Gasteiger partial charge in [0.2, 0.25) is 5.91 Å². The lowest BCUT2D eigenvalue weighted by Gasteiger charge is -2.33. The first-order chi connectivity index (χ1) is 14.1. The maximum atomic E-state index is 12.9. The highest BCUT2D eigenvalue weighted by molar-refractivity contribution is 7.12. The molecule has 29 heavy (non-hydrogen) atoms. The summed E-state index contributed by atoms with van der Waals surface area (Å²) in [6.07, 6.45) is 2.72. The van der Waals surface area contributed by atoms with E-state index in [0.717, 1.165) is 5.56 Å². The molecule has 0 radical (unpaired) electrons. The Balaban J connectivity index is 1.44. The number of amides is 2. The summed E-state index contributed by atoms with van der Waals surface area (Å²) in [5, 5.41) is 14.8. The number of fused-ring (bicyclic) bond motifs is 1. The molecule has 0 fully saturated rings. The molecule has 3 aromatic heterocycles. The van der Waals surface area contributed by atoms with Crippen LogP contribution in [-0.2, 0) is 11.3 Å². The predicted octanol–water partition coefficient (Wildman–Crippen LogP) is 2.72. The van der Waals surface area contributed by atoms with Crippen molar-refractivity contribution >= 4 is 23.2 Å². The second-order valence-corrected chi connectivity index (χ2v) is 7.82. The van der Waals surface area contributed by atoms with Crippen molar-refractivity contribution in [3.05, 3.63) is 76.1 Å². The molecular weight excluding hydrogens is 390 g/mol. The van der Waals surface area contributed by atoms with E-state index in [-0.39, 0.29) is 24.9 Å². The van der Waals surface area contributed by atoms with E-state index < -0.39 is 12.0 Å². The second kappa shape index (κ2) is 8.59. The Kier molecular flexibility index (Phi) is 5.73. The zero-order valence-corrected chi connectivity index (χ0v) is 16.5. The highest BCUT2D eigenvalue weighted by atomic mass is 32.1. The number of pyridine rings is 1. The third-order valence-corrected chi connectivity index (χ3v) is 5.80. The summed E-state index contributed by atoms with van der Waals surface area (Å²) < 4.78 is 5.18. The molecule has 2 unspecified atom stereocenters. The van der Waals surface area contributed by atoms with Crippen molar-refractivity contribution in [1.29, 1.82) is 0 Å². The van der Waals surface area contributed by atoms with E-state index in [2.05, 4.69) is 10.3 Å². The van der Waals surface area contributed by atoms with Crippen molar-refractivity contribution in [1.82, 2.24) is 15.2 Å². The van der Waals surface area contributed by atoms with E-state index in [1.54, 1.807) is 29.3 Å². The number of rotatable bonds is 6. The minimum absolute atomic E-state index is 0.0828. The molecule has 4 rings (SSSR count). The van der Waals surface area contributed by atoms with Gasteiger partial charge in [-0.3, -0.25) is 14.6 Å². The molecule has 4 heterocycles. The minimum Gasteiger partial charge on any atom is -0.467 e. The number of nitrogens with zero attached hydrogens (tertiary/aromatic N) is 2. The van der Waals surface area contributed by atoms with Crippen LogP contribution in [0, 0.1) is 0 Å². The molecule has 1 aliphatic rings. The van der Waals surface area contributed by atoms with Crippen LogP contribution in [0.25, 0.3) is 0 Å². The quantitative estimate of drug-likeness (QED) is 0.650. The van der Waals surface area contributed by atoms with Crippen molar-refractivity contribution < 1.29 is 19.1 Å². The van der Waals surface area contributed by atoms with Gasteiger partial charge in [0.05, 0.1) is 22.8 Å². The monoisotopic (exact) mass is 411 g/mol. The average Bonchev–Trinajstić information content (AvgIpc) is 3.46. The summed E-state index contributed by atoms with van der Waals surface area (Å²) in [5.41, 5.74) is 1.58. The third kappa shape index (κ3) is 4.23. The van der Waals surface area contributed by atoms with Crippen molar-refractivity contribution in [2.24, 2.45) is 0 Å². The standard InChI is InChI=1S/C21H21N3O4S/c25-16(17-5-2-10-28-17)7-9-23-20(26)15-13-24(21(27)18-6-3-11-29-18)12-14-4-1-8-22-19(14)15/h1-6,8,10-11,15-16,25H,7,9,12-13H2,(H,23,26). The van der Waals surface area contributed by atoms with Gasteiger partial charge in [-0.2, -0.15) is 0 Å². The number of thiophene rings is 1. The van der Waals surface area contributed by atoms with Crippen LogP contribution in [0.1, 0.15) is 45.1 Å². The molecule has 3 aromatic rings. The molecule has 0 aliphatic carbocycles. The number of carbonyl (C=O) groups is 2. The van der Waals surface area contributed by atoms with Crippen LogP contribution in [0.2, 0.25) is 0 Å². The Labute approximate surface area is 172 Å². The Hall–Kier alpha value is -2.97. The fourth-order valence-electron chi connectivity index (χ4n) is 3.47. The number of aliphatic hydroxyl groups is 1. The van der Waals surface area contributed by atoms with Gasteiger partial charge in [-0.1, -0.05) is 12.1 Å². The van der Waals surface area contributed by atoms with Gasteiger partial charge < -0.3 is 19.7 Å². The summed E-state index contributed by atoms with van der Waals surface area (Å²) in [6.45, 7) is 0.993. The van der Waals surface area contributed by atoms with Crippen molar-refractivity contribution in [2.75, 3.05) is 13.1 Å². The fraction of sp³-hybridized carbons (Fsp3) is 0.286. The fourth-order valence-corrected chi connectivity index (χ4v) is 4.16. The van der Waals surface area contributed by atoms with Crippen molar-refractivity contribution in [3.63, 3.8) is 0 Å². The van der Waals surface area contributed by atoms with Crippen LogP contribution in [0.4, 0.5) is 0 Å². The van der Waals surface area contributed by atoms with Crippen LogP contribution in [0.15, 0.2) is 58.7 Å². The summed E-state index contributed by atoms with van der Waals surface area (Å²) in [4.78, 5) is 32.5. The Morgan fingerprint density at radius 1 is 1.31 bits per heavy atom. The first kappa shape index (κ1) is 19.4. The van der Waals surface area contributed by atoms with E-state index in [1.165, 1.54) is 17.6 Å². The van der Waals surface area contributed by atoms with E-state index in [0.29, 0.717) is 29.3 Å². The van der Waals surface area contributed by atoms with Crippen LogP contribution in [0.3, 0.4) is 0 Å². The smallest absolute Gasteiger partial charge is 0.264 e. The normalized spacial score (nSPS) is 16.9. The Morgan fingerprint density at radius 2 is 2.21 bits per heavy atom. The largest absolute Gasteiger partial charge is 0.467 e. The summed E-state index contributed by atoms with van der Waals surface area (Å²) in [6, 6.07) is 10.7. The van der Waals surface area contributed by atoms with Crippen LogP contribution in [-0.4, -0.2) is 39.9 Å². The second-order valence-electron chi connectivity index (χ2n) is 6.87. The predicted molar refractivity (Wildman–Crippen MR) is 107 cm³/mol. The lowest BCUT2D eigenvalue weighted by Crippen LogP contribution is -2.44. The summed E-state index contributed by atoms with van der Waals surface area (Å²) in [5.74, 6) is -0.373. The number of hydrogen-bond acceptors (Lipinski definition) is 6. The summed E-state index contributed by atoms with van der Waals surface area (Å²) >= 11 is 1.39. The molecular formula is C21H21N3O4S. The SMILES string of the molecule is O=C(NCCC(O)c1ccco1)C1CN(C(=O)c2cccs2)Cc2cccnc21. The topological polar surface area (TPSA) is 95.7 Å². The maximum absolute atomic E-state index is 12.9. The summed E-state index contributed by atoms with van der Waals surface area (Å²) in [7, 11) is 0. The van der Waals surface area contributed by atoms with Crippen LogP contribution >= 0.6 is 11.3 Å². The molecule has 7 nitrogen and oxygen atoms in total. The molecule has 2 N–H and O–H groups in total. The Bertz CT molecular complexity index is 972. The van der Waals surface area contributed by atoms with Gasteiger partial charge in [0.1, 0.15) is 11.9 Å². The molecule has 2 amide bonds. The average molecular weight is 411 g/mol. The van der Waals surface area contributed by atoms with Gasteiger partial charge in [0.25, 0.3) is 5.91 Å². The zero-order chi connectivity index (χ0) is 20.2. The zero-order valence-electron chi connectivity index (χ0n) is 15.7. The highest BCUT2D eigenvalue weighted by Gasteiger charge is 2.34. The molecule has 0 aromatic carbocycles. The van der Waals surface area contributed by atoms with E-state index in [9.17, 15) is 14.7 Å². The Morgan fingerprint density at radius 3 is 2.97 bits per heavy atom. The lowest BCUT2D eigenvalue weighted by molar-refractivity contribution is -0.123. The first-order valence-electron chi connectivity index (χ1n) is 9.39. The van der Waals surface area contributed by atoms with E-state index in [4.69, 9.17) is 4.42 Å². The highest BCUT2D eigenvalue weighted by Crippen LogP contribution is 2.28. The number of hydrogen-bond donors (Lipinski definition) is 2. The van der Waals surface area contributed by atoms with Gasteiger partial charge in [-0.15, -0.1) is 11.3 Å². The van der Waals surface area contributed by atoms with Gasteiger partial charge in [-0.05, 0) is 41.6 Å². The van der Waals surface area contributed by atoms with Crippen LogP contribution < -0.4 is 5.32 Å². The lowest BCUT2D eigenvalue weighted by atomic mass is 9.93. The van der Waals surface area contributed by atoms with E-state index in [1.807, 2.05) is 23.6 Å². The maximum Gasteiger partial charge on any atom is 0.264 e. The number of aliphatic hydroxyl groups excluding tert-OH is 1. The molecule has 8 heteroatoms. The molecule has 150 valence electrons. The van der Waals surface area contributed by atoms with E-state index >= 15 is 0 Å². The van der Waals surface area contributed by atoms with Gasteiger partial charge in [0, 0.05) is 25.8 Å². The number of aromatic nitrogens is 1. The molecule has 0 saturated heterocycles. The van der Waals surface area contributed by atoms with Gasteiger partial charge in [-0.25, -0.2) is 0 Å². The molecule has 0 spiro atoms. The van der Waals surface area contributed by atoms with Gasteiger partial charge in [0.15, 0.2) is 0 Å². The molecule has 0 saturated carbocycles. The molecule has 1 aliphatic heterocycles. The molecule has 0 bridgehead atoms. The number of carbonyl (C=O) groups excluding carboxylic acids is 2. The first-order valence-corrected chi connectivity index (χ1v) is 10.3. The molecule has 2 atom stereocenters. The van der Waals surface area contributed by atoms with Gasteiger partial charge >= 0.3 is 0 Å². The number of nitrogens with one attached hydrogen (secondary N) is 1. The third-order valence-electron chi connectivity index (χ3n) is 4.94. The van der Waals surface area contributed by atoms with Crippen molar-refractivity contribution in [3.8, 4) is 0 Å². The van der Waals surface area contributed by atoms with Crippen LogP contribution in [0.5, 0.6) is 0 Å².